The molecule has 2 heterocycles. The van der Waals surface area contributed by atoms with Gasteiger partial charge in [-0.05, 0) is 64.1 Å². The Morgan fingerprint density at radius 3 is 2.35 bits per heavy atom. The number of piperazine rings is 1. The third-order valence-corrected chi connectivity index (χ3v) is 8.17. The highest BCUT2D eigenvalue weighted by Gasteiger charge is 2.27. The maximum atomic E-state index is 13.6. The molecule has 0 aliphatic carbocycles. The summed E-state index contributed by atoms with van der Waals surface area (Å²) in [5.41, 5.74) is 1.97. The summed E-state index contributed by atoms with van der Waals surface area (Å²) < 4.78 is 29.2. The van der Waals surface area contributed by atoms with Gasteiger partial charge in [0, 0.05) is 66.1 Å². The average Bonchev–Trinajstić information content (AvgIpc) is 3.12. The lowest BCUT2D eigenvalue weighted by Crippen LogP contribution is -2.53. The fraction of sp³-hybridized carbons (Fsp3) is 0.417. The van der Waals surface area contributed by atoms with Gasteiger partial charge < -0.3 is 9.47 Å². The van der Waals surface area contributed by atoms with E-state index in [0.717, 1.165) is 37.4 Å². The van der Waals surface area contributed by atoms with E-state index in [-0.39, 0.29) is 5.54 Å². The van der Waals surface area contributed by atoms with Crippen LogP contribution in [0.1, 0.15) is 27.7 Å². The average molecular weight is 460 g/mol. The van der Waals surface area contributed by atoms with Gasteiger partial charge in [-0.3, -0.25) is 4.90 Å². The van der Waals surface area contributed by atoms with E-state index in [4.69, 9.17) is 11.6 Å². The first-order valence-electron chi connectivity index (χ1n) is 10.7. The van der Waals surface area contributed by atoms with E-state index in [1.165, 1.54) is 0 Å². The van der Waals surface area contributed by atoms with Crippen molar-refractivity contribution in [2.75, 3.05) is 31.1 Å². The fourth-order valence-corrected chi connectivity index (χ4v) is 6.00. The molecule has 4 rings (SSSR count). The van der Waals surface area contributed by atoms with Gasteiger partial charge in [-0.1, -0.05) is 17.7 Å². The van der Waals surface area contributed by atoms with Crippen molar-refractivity contribution in [3.05, 3.63) is 53.7 Å². The molecule has 7 heteroatoms. The van der Waals surface area contributed by atoms with Gasteiger partial charge in [0.1, 0.15) is 0 Å². The molecular formula is C24H30ClN3O2S. The molecule has 3 aromatic rings. The molecule has 1 aliphatic rings. The van der Waals surface area contributed by atoms with Crippen LogP contribution in [0.25, 0.3) is 10.9 Å². The first-order chi connectivity index (χ1) is 14.6. The lowest BCUT2D eigenvalue weighted by Gasteiger charge is -2.43. The number of hydrogen-bond donors (Lipinski definition) is 0. The highest BCUT2D eigenvalue weighted by molar-refractivity contribution is 7.91. The maximum absolute atomic E-state index is 13.6. The lowest BCUT2D eigenvalue weighted by atomic mass is 10.0. The lowest BCUT2D eigenvalue weighted by molar-refractivity contribution is 0.128. The van der Waals surface area contributed by atoms with E-state index in [2.05, 4.69) is 30.6 Å². The summed E-state index contributed by atoms with van der Waals surface area (Å²) in [5.74, 6) is 0. The van der Waals surface area contributed by atoms with Crippen molar-refractivity contribution in [2.45, 2.75) is 49.6 Å². The summed E-state index contributed by atoms with van der Waals surface area (Å²) >= 11 is 6.19. The molecule has 0 N–H and O–H groups in total. The number of nitrogens with zero attached hydrogens (tertiary/aromatic N) is 3. The van der Waals surface area contributed by atoms with Gasteiger partial charge in [-0.25, -0.2) is 8.42 Å². The van der Waals surface area contributed by atoms with E-state index in [1.54, 1.807) is 24.4 Å². The Hall–Kier alpha value is -2.02. The SMILES string of the molecule is CCn1cc(S(=O)(=O)c2cccc(N3CCN(C(C)(C)C)CC3)c2)c2cc(Cl)ccc21. The van der Waals surface area contributed by atoms with Crippen LogP contribution in [-0.4, -0.2) is 49.6 Å². The van der Waals surface area contributed by atoms with E-state index >= 15 is 0 Å². The first kappa shape index (κ1) is 22.2. The molecule has 0 radical (unpaired) electrons. The van der Waals surface area contributed by atoms with Gasteiger partial charge in [0.15, 0.2) is 0 Å². The summed E-state index contributed by atoms with van der Waals surface area (Å²) in [5, 5.41) is 1.20. The fourth-order valence-electron chi connectivity index (χ4n) is 4.32. The van der Waals surface area contributed by atoms with Crippen LogP contribution in [0.2, 0.25) is 5.02 Å². The number of aromatic nitrogens is 1. The monoisotopic (exact) mass is 459 g/mol. The van der Waals surface area contributed by atoms with Gasteiger partial charge in [0.25, 0.3) is 0 Å². The minimum absolute atomic E-state index is 0.145. The van der Waals surface area contributed by atoms with Gasteiger partial charge >= 0.3 is 0 Å². The topological polar surface area (TPSA) is 45.6 Å². The highest BCUT2D eigenvalue weighted by atomic mass is 35.5. The number of benzene rings is 2. The van der Waals surface area contributed by atoms with Crippen LogP contribution in [-0.2, 0) is 16.4 Å². The molecule has 1 saturated heterocycles. The summed E-state index contributed by atoms with van der Waals surface area (Å²) in [6, 6.07) is 12.7. The first-order valence-corrected chi connectivity index (χ1v) is 12.6. The molecule has 0 amide bonds. The van der Waals surface area contributed by atoms with Crippen molar-refractivity contribution in [1.82, 2.24) is 9.47 Å². The van der Waals surface area contributed by atoms with E-state index < -0.39 is 9.84 Å². The Kier molecular flexibility index (Phi) is 5.83. The van der Waals surface area contributed by atoms with Gasteiger partial charge in [0.2, 0.25) is 9.84 Å². The van der Waals surface area contributed by atoms with Crippen molar-refractivity contribution in [3.63, 3.8) is 0 Å². The molecule has 5 nitrogen and oxygen atoms in total. The number of aryl methyl sites for hydroxylation is 1. The van der Waals surface area contributed by atoms with E-state index in [9.17, 15) is 8.42 Å². The Morgan fingerprint density at radius 2 is 1.71 bits per heavy atom. The zero-order valence-corrected chi connectivity index (χ0v) is 20.2. The minimum Gasteiger partial charge on any atom is -0.369 e. The zero-order valence-electron chi connectivity index (χ0n) is 18.6. The standard InChI is InChI=1S/C24H30ClN3O2S/c1-5-26-17-23(21-15-18(25)9-10-22(21)26)31(29,30)20-8-6-7-19(16-20)27-11-13-28(14-12-27)24(2,3)4/h6-10,15-17H,5,11-14H2,1-4H3. The number of anilines is 1. The van der Waals surface area contributed by atoms with Crippen LogP contribution in [0.4, 0.5) is 5.69 Å². The molecule has 1 fully saturated rings. The largest absolute Gasteiger partial charge is 0.369 e. The van der Waals surface area contributed by atoms with Crippen LogP contribution < -0.4 is 4.90 Å². The van der Waals surface area contributed by atoms with Crippen LogP contribution in [0, 0.1) is 0 Å². The number of rotatable bonds is 4. The molecular weight excluding hydrogens is 430 g/mol. The van der Waals surface area contributed by atoms with Crippen molar-refractivity contribution >= 4 is 38.0 Å². The summed E-state index contributed by atoms with van der Waals surface area (Å²) in [6.07, 6.45) is 1.73. The Morgan fingerprint density at radius 1 is 1.00 bits per heavy atom. The summed E-state index contributed by atoms with van der Waals surface area (Å²) in [6.45, 7) is 13.1. The van der Waals surface area contributed by atoms with Crippen LogP contribution in [0.5, 0.6) is 0 Å². The number of halogens is 1. The Bertz CT molecular complexity index is 1200. The molecule has 31 heavy (non-hydrogen) atoms. The second-order valence-corrected chi connectivity index (χ2v) is 11.4. The second-order valence-electron chi connectivity index (χ2n) is 9.09. The normalized spacial score (nSPS) is 16.2. The van der Waals surface area contributed by atoms with E-state index in [0.29, 0.717) is 26.7 Å². The third-order valence-electron chi connectivity index (χ3n) is 6.16. The zero-order chi connectivity index (χ0) is 22.4. The predicted octanol–water partition coefficient (Wildman–Crippen LogP) is 5.07. The molecule has 1 aliphatic heterocycles. The molecule has 0 spiro atoms. The number of hydrogen-bond acceptors (Lipinski definition) is 4. The van der Waals surface area contributed by atoms with Crippen LogP contribution in [0.15, 0.2) is 58.5 Å². The Balaban J connectivity index is 1.68. The molecule has 166 valence electrons. The van der Waals surface area contributed by atoms with Gasteiger partial charge in [-0.15, -0.1) is 0 Å². The molecule has 0 atom stereocenters. The molecule has 0 saturated carbocycles. The van der Waals surface area contributed by atoms with Crippen LogP contribution >= 0.6 is 11.6 Å². The van der Waals surface area contributed by atoms with Crippen molar-refractivity contribution < 1.29 is 8.42 Å². The predicted molar refractivity (Wildman–Crippen MR) is 128 cm³/mol. The third kappa shape index (κ3) is 4.21. The molecule has 0 bridgehead atoms. The second kappa shape index (κ2) is 8.15. The number of fused-ring (bicyclic) bond motifs is 1. The van der Waals surface area contributed by atoms with Gasteiger partial charge in [0.05, 0.1) is 9.79 Å². The quantitative estimate of drug-likeness (QED) is 0.546. The van der Waals surface area contributed by atoms with Crippen molar-refractivity contribution in [3.8, 4) is 0 Å². The summed E-state index contributed by atoms with van der Waals surface area (Å²) in [7, 11) is -3.68. The van der Waals surface area contributed by atoms with Crippen molar-refractivity contribution in [2.24, 2.45) is 0 Å². The molecule has 2 aromatic carbocycles. The highest BCUT2D eigenvalue weighted by Crippen LogP contribution is 2.33. The van der Waals surface area contributed by atoms with Crippen molar-refractivity contribution in [1.29, 1.82) is 0 Å². The smallest absolute Gasteiger partial charge is 0.208 e. The molecule has 0 unspecified atom stereocenters. The minimum atomic E-state index is -3.68. The molecule has 1 aromatic heterocycles. The van der Waals surface area contributed by atoms with Crippen LogP contribution in [0.3, 0.4) is 0 Å². The Labute approximate surface area is 190 Å². The van der Waals surface area contributed by atoms with E-state index in [1.807, 2.05) is 35.8 Å². The number of sulfone groups is 1. The maximum Gasteiger partial charge on any atom is 0.208 e. The van der Waals surface area contributed by atoms with Gasteiger partial charge in [-0.2, -0.15) is 0 Å². The summed E-state index contributed by atoms with van der Waals surface area (Å²) in [4.78, 5) is 5.36.